The van der Waals surface area contributed by atoms with Crippen LogP contribution in [0.3, 0.4) is 0 Å². The van der Waals surface area contributed by atoms with Gasteiger partial charge < -0.3 is 14.9 Å². The highest BCUT2D eigenvalue weighted by atomic mass is 32.1. The molecule has 0 atom stereocenters. The van der Waals surface area contributed by atoms with E-state index in [1.54, 1.807) is 23.4 Å². The summed E-state index contributed by atoms with van der Waals surface area (Å²) in [6.45, 7) is 7.25. The molecular weight excluding hydrogens is 202 g/mol. The van der Waals surface area contributed by atoms with Gasteiger partial charge in [-0.3, -0.25) is 0 Å². The highest BCUT2D eigenvalue weighted by Crippen LogP contribution is 2.09. The van der Waals surface area contributed by atoms with Crippen molar-refractivity contribution in [2.24, 2.45) is 0 Å². The average Bonchev–Trinajstić information content (AvgIpc) is 2.04. The number of rotatable bonds is 3. The molecule has 1 aromatic rings. The van der Waals surface area contributed by atoms with Crippen molar-refractivity contribution in [1.29, 1.82) is 0 Å². The third-order valence-electron chi connectivity index (χ3n) is 1.42. The van der Waals surface area contributed by atoms with Crippen LogP contribution in [-0.2, 0) is 0 Å². The molecule has 1 rings (SSSR count). The summed E-state index contributed by atoms with van der Waals surface area (Å²) < 4.78 is 1.06. The molecule has 0 amide bonds. The Morgan fingerprint density at radius 3 is 2.31 bits per heavy atom. The van der Waals surface area contributed by atoms with E-state index in [2.05, 4.69) is 23.1 Å². The smallest absolute Gasteiger partial charge is 0.177 e. The van der Waals surface area contributed by atoms with Crippen molar-refractivity contribution >= 4 is 30.3 Å². The summed E-state index contributed by atoms with van der Waals surface area (Å²) in [5, 5.41) is 0. The largest absolute Gasteiger partial charge is 0.323 e. The van der Waals surface area contributed by atoms with E-state index in [-0.39, 0.29) is 0 Å². The van der Waals surface area contributed by atoms with Crippen LogP contribution in [0.1, 0.15) is 0 Å². The van der Waals surface area contributed by atoms with Crippen LogP contribution in [0.5, 0.6) is 0 Å². The Labute approximate surface area is 86.4 Å². The first-order valence-corrected chi connectivity index (χ1v) is 4.36. The van der Waals surface area contributed by atoms with Crippen molar-refractivity contribution < 1.29 is 0 Å². The molecule has 0 aromatic carbocycles. The molecule has 5 heteroatoms. The van der Waals surface area contributed by atoms with E-state index >= 15 is 0 Å². The van der Waals surface area contributed by atoms with Crippen LogP contribution in [0.4, 0.5) is 5.82 Å². The number of hydrogen-bond acceptors (Lipinski definition) is 3. The second-order valence-electron chi connectivity index (χ2n) is 2.25. The predicted octanol–water partition coefficient (Wildman–Crippen LogP) is 2.90. The molecule has 3 nitrogen and oxygen atoms in total. The van der Waals surface area contributed by atoms with Gasteiger partial charge in [0, 0.05) is 18.5 Å². The van der Waals surface area contributed by atoms with Gasteiger partial charge in [0.25, 0.3) is 0 Å². The fourth-order valence-corrected chi connectivity index (χ4v) is 1.36. The number of aromatic amines is 2. The Hall–Kier alpha value is -1.20. The molecule has 2 N–H and O–H groups in total. The van der Waals surface area contributed by atoms with E-state index in [0.29, 0.717) is 9.41 Å². The topological polar surface area (TPSA) is 34.8 Å². The Balaban J connectivity index is 3.28. The number of aromatic nitrogens is 2. The minimum atomic E-state index is 0.483. The maximum atomic E-state index is 4.96. The summed E-state index contributed by atoms with van der Waals surface area (Å²) in [5.74, 6) is 0.749. The van der Waals surface area contributed by atoms with Gasteiger partial charge >= 0.3 is 0 Å². The molecule has 0 saturated carbocycles. The van der Waals surface area contributed by atoms with E-state index in [4.69, 9.17) is 24.4 Å². The lowest BCUT2D eigenvalue weighted by Crippen LogP contribution is -2.07. The quantitative estimate of drug-likeness (QED) is 0.754. The molecule has 68 valence electrons. The van der Waals surface area contributed by atoms with Crippen LogP contribution in [0.2, 0.25) is 0 Å². The van der Waals surface area contributed by atoms with Crippen LogP contribution in [0.25, 0.3) is 0 Å². The molecule has 0 fully saturated rings. The summed E-state index contributed by atoms with van der Waals surface area (Å²) in [6.07, 6.45) is 3.23. The van der Waals surface area contributed by atoms with Crippen LogP contribution in [0, 0.1) is 9.41 Å². The number of hydrogen-bond donors (Lipinski definition) is 2. The van der Waals surface area contributed by atoms with Crippen molar-refractivity contribution in [1.82, 2.24) is 9.97 Å². The average molecular weight is 211 g/mol. The fraction of sp³-hybridized carbons (Fsp3) is 0. The van der Waals surface area contributed by atoms with Gasteiger partial charge in [-0.15, -0.1) is 0 Å². The van der Waals surface area contributed by atoms with Gasteiger partial charge in [0.15, 0.2) is 4.77 Å². The van der Waals surface area contributed by atoms with E-state index in [0.717, 1.165) is 5.82 Å². The normalized spacial score (nSPS) is 9.23. The molecule has 0 aliphatic carbocycles. The zero-order valence-electron chi connectivity index (χ0n) is 6.91. The maximum absolute atomic E-state index is 4.96. The lowest BCUT2D eigenvalue weighted by atomic mass is 10.5. The van der Waals surface area contributed by atoms with Crippen LogP contribution < -0.4 is 4.90 Å². The lowest BCUT2D eigenvalue weighted by molar-refractivity contribution is 1.07. The first kappa shape index (κ1) is 9.88. The van der Waals surface area contributed by atoms with Crippen molar-refractivity contribution in [2.45, 2.75) is 0 Å². The molecule has 0 radical (unpaired) electrons. The zero-order chi connectivity index (χ0) is 9.84. The number of nitrogens with one attached hydrogen (secondary N) is 2. The van der Waals surface area contributed by atoms with Gasteiger partial charge in [-0.1, -0.05) is 25.4 Å². The standard InChI is InChI=1S/C8H9N3S2/c1-3-11(4-2)6-5-7(12)10-8(13)9-6/h3-5H,1-2H2,(H2,9,10,12,13). The number of H-pyrrole nitrogens is 2. The first-order valence-electron chi connectivity index (χ1n) is 3.54. The van der Waals surface area contributed by atoms with Crippen molar-refractivity contribution in [3.05, 3.63) is 41.0 Å². The highest BCUT2D eigenvalue weighted by molar-refractivity contribution is 7.72. The van der Waals surface area contributed by atoms with Crippen molar-refractivity contribution in [3.63, 3.8) is 0 Å². The minimum Gasteiger partial charge on any atom is -0.323 e. The number of nitrogens with zero attached hydrogens (tertiary/aromatic N) is 1. The first-order chi connectivity index (χ1) is 6.17. The molecule has 0 bridgehead atoms. The second-order valence-corrected chi connectivity index (χ2v) is 3.09. The van der Waals surface area contributed by atoms with E-state index in [1.165, 1.54) is 0 Å². The molecular formula is C8H9N3S2. The summed E-state index contributed by atoms with van der Waals surface area (Å²) >= 11 is 9.89. The fourth-order valence-electron chi connectivity index (χ4n) is 0.866. The molecule has 1 heterocycles. The summed E-state index contributed by atoms with van der Waals surface area (Å²) in [4.78, 5) is 7.41. The van der Waals surface area contributed by atoms with Gasteiger partial charge in [-0.25, -0.2) is 0 Å². The summed E-state index contributed by atoms with van der Waals surface area (Å²) in [6, 6.07) is 1.74. The maximum Gasteiger partial charge on any atom is 0.177 e. The van der Waals surface area contributed by atoms with E-state index < -0.39 is 0 Å². The van der Waals surface area contributed by atoms with Gasteiger partial charge in [0.2, 0.25) is 0 Å². The van der Waals surface area contributed by atoms with Crippen LogP contribution in [-0.4, -0.2) is 9.97 Å². The molecule has 0 spiro atoms. The van der Waals surface area contributed by atoms with Gasteiger partial charge in [-0.05, 0) is 12.2 Å². The van der Waals surface area contributed by atoms with Gasteiger partial charge in [0.05, 0.1) is 0 Å². The Morgan fingerprint density at radius 1 is 1.23 bits per heavy atom. The highest BCUT2D eigenvalue weighted by Gasteiger charge is 1.97. The Bertz CT molecular complexity index is 393. The van der Waals surface area contributed by atoms with Gasteiger partial charge in [0.1, 0.15) is 10.5 Å². The molecule has 0 aliphatic heterocycles. The summed E-state index contributed by atoms with van der Waals surface area (Å²) in [5.41, 5.74) is 0. The number of anilines is 1. The third-order valence-corrected chi connectivity index (χ3v) is 1.84. The monoisotopic (exact) mass is 211 g/mol. The molecule has 0 saturated heterocycles. The predicted molar refractivity (Wildman–Crippen MR) is 59.7 cm³/mol. The SMILES string of the molecule is C=CN(C=C)c1cc(=S)[nH]c(=S)[nH]1. The molecule has 0 unspecified atom stereocenters. The summed E-state index contributed by atoms with van der Waals surface area (Å²) in [7, 11) is 0. The van der Waals surface area contributed by atoms with Crippen LogP contribution in [0.15, 0.2) is 31.6 Å². The Kier molecular flexibility index (Phi) is 3.16. The van der Waals surface area contributed by atoms with Crippen molar-refractivity contribution in [2.75, 3.05) is 4.90 Å². The minimum absolute atomic E-state index is 0.483. The Morgan fingerprint density at radius 2 is 1.85 bits per heavy atom. The van der Waals surface area contributed by atoms with Crippen molar-refractivity contribution in [3.8, 4) is 0 Å². The van der Waals surface area contributed by atoms with E-state index in [1.807, 2.05) is 0 Å². The molecule has 0 aliphatic rings. The zero-order valence-corrected chi connectivity index (χ0v) is 8.54. The third kappa shape index (κ3) is 2.37. The lowest BCUT2D eigenvalue weighted by Gasteiger charge is -2.13. The second kappa shape index (κ2) is 4.15. The van der Waals surface area contributed by atoms with Gasteiger partial charge in [-0.2, -0.15) is 0 Å². The molecule has 1 aromatic heterocycles. The molecule has 13 heavy (non-hydrogen) atoms. The van der Waals surface area contributed by atoms with E-state index in [9.17, 15) is 0 Å². The van der Waals surface area contributed by atoms with Crippen LogP contribution >= 0.6 is 24.4 Å².